The van der Waals surface area contributed by atoms with E-state index in [1.807, 2.05) is 6.20 Å². The highest BCUT2D eigenvalue weighted by Crippen LogP contribution is 2.29. The first-order valence-electron chi connectivity index (χ1n) is 6.24. The van der Waals surface area contributed by atoms with Gasteiger partial charge in [0.25, 0.3) is 0 Å². The topological polar surface area (TPSA) is 58.1 Å². The van der Waals surface area contributed by atoms with Gasteiger partial charge in [0, 0.05) is 31.7 Å². The number of nitrogens with one attached hydrogen (secondary N) is 1. The van der Waals surface area contributed by atoms with Gasteiger partial charge in [-0.3, -0.25) is 4.79 Å². The fourth-order valence-electron chi connectivity index (χ4n) is 2.84. The summed E-state index contributed by atoms with van der Waals surface area (Å²) in [6, 6.07) is 0.363. The minimum Gasteiger partial charge on any atom is -0.355 e. The zero-order chi connectivity index (χ0) is 12.5. The van der Waals surface area contributed by atoms with Gasteiger partial charge in [0.2, 0.25) is 5.91 Å². The van der Waals surface area contributed by atoms with Crippen LogP contribution in [0.1, 0.15) is 19.3 Å². The Balaban J connectivity index is 1.75. The summed E-state index contributed by atoms with van der Waals surface area (Å²) >= 11 is 2.28. The number of amides is 1. The predicted molar refractivity (Wildman–Crippen MR) is 76.2 cm³/mol. The van der Waals surface area contributed by atoms with E-state index in [2.05, 4.69) is 42.8 Å². The van der Waals surface area contributed by atoms with Crippen molar-refractivity contribution < 1.29 is 4.79 Å². The second-order valence-corrected chi connectivity index (χ2v) is 6.06. The molecule has 2 aliphatic heterocycles. The zero-order valence-corrected chi connectivity index (χ0v) is 12.1. The summed E-state index contributed by atoms with van der Waals surface area (Å²) in [5.74, 6) is 1.80. The van der Waals surface area contributed by atoms with Gasteiger partial charge >= 0.3 is 0 Å². The number of nitrogens with zero attached hydrogens (tertiary/aromatic N) is 3. The summed E-state index contributed by atoms with van der Waals surface area (Å²) in [6.45, 7) is 1.94. The van der Waals surface area contributed by atoms with Crippen LogP contribution in [0, 0.1) is 9.49 Å². The van der Waals surface area contributed by atoms with Gasteiger partial charge in [-0.1, -0.05) is 0 Å². The molecule has 96 valence electrons. The van der Waals surface area contributed by atoms with Crippen LogP contribution in [0.25, 0.3) is 0 Å². The maximum Gasteiger partial charge on any atom is 0.220 e. The number of carbonyl (C=O) groups excluding carboxylic acids is 1. The van der Waals surface area contributed by atoms with Crippen molar-refractivity contribution in [3.05, 3.63) is 16.1 Å². The second-order valence-electron chi connectivity index (χ2n) is 4.90. The fraction of sp³-hybridized carbons (Fsp3) is 0.583. The molecule has 2 aliphatic rings. The number of hydrogen-bond acceptors (Lipinski definition) is 4. The van der Waals surface area contributed by atoms with Crippen LogP contribution in [0.2, 0.25) is 0 Å². The molecule has 18 heavy (non-hydrogen) atoms. The molecule has 5 nitrogen and oxygen atoms in total. The molecule has 1 aromatic heterocycles. The Labute approximate surface area is 120 Å². The molecule has 0 aromatic carbocycles. The minimum atomic E-state index is 0.210. The number of halogens is 1. The lowest BCUT2D eigenvalue weighted by atomic mass is 9.85. The molecule has 3 rings (SSSR count). The molecule has 0 aliphatic carbocycles. The van der Waals surface area contributed by atoms with Crippen molar-refractivity contribution in [2.75, 3.05) is 18.0 Å². The van der Waals surface area contributed by atoms with Crippen LogP contribution in [-0.4, -0.2) is 35.0 Å². The van der Waals surface area contributed by atoms with Crippen LogP contribution < -0.4 is 10.2 Å². The van der Waals surface area contributed by atoms with Crippen LogP contribution in [-0.2, 0) is 4.79 Å². The van der Waals surface area contributed by atoms with Crippen molar-refractivity contribution in [1.82, 2.24) is 15.3 Å². The van der Waals surface area contributed by atoms with Crippen molar-refractivity contribution in [3.8, 4) is 0 Å². The Kier molecular flexibility index (Phi) is 3.36. The fourth-order valence-corrected chi connectivity index (χ4v) is 3.48. The molecule has 1 N–H and O–H groups in total. The summed E-state index contributed by atoms with van der Waals surface area (Å²) < 4.78 is 1.09. The normalized spacial score (nSPS) is 27.6. The van der Waals surface area contributed by atoms with Gasteiger partial charge in [0.05, 0.1) is 3.57 Å². The largest absolute Gasteiger partial charge is 0.355 e. The summed E-state index contributed by atoms with van der Waals surface area (Å²) in [5, 5.41) is 3.10. The van der Waals surface area contributed by atoms with E-state index < -0.39 is 0 Å². The number of fused-ring (bicyclic) bond motifs is 1. The van der Waals surface area contributed by atoms with Gasteiger partial charge in [-0.15, -0.1) is 0 Å². The standard InChI is InChI=1S/C12H15IN4O/c13-9-5-14-7-15-12(9)17-4-3-10-8(6-17)1-2-11(18)16-10/h5,7-8,10H,1-4,6H2,(H,16,18). The third kappa shape index (κ3) is 2.30. The smallest absolute Gasteiger partial charge is 0.220 e. The Hall–Kier alpha value is -0.920. The van der Waals surface area contributed by atoms with Crippen molar-refractivity contribution in [2.45, 2.75) is 25.3 Å². The van der Waals surface area contributed by atoms with Gasteiger partial charge in [-0.25, -0.2) is 9.97 Å². The maximum atomic E-state index is 11.4. The number of anilines is 1. The van der Waals surface area contributed by atoms with Gasteiger partial charge in [-0.2, -0.15) is 0 Å². The molecule has 2 unspecified atom stereocenters. The third-order valence-electron chi connectivity index (χ3n) is 3.77. The second kappa shape index (κ2) is 4.99. The molecule has 2 atom stereocenters. The molecule has 0 saturated carbocycles. The number of rotatable bonds is 1. The molecule has 1 amide bonds. The molecule has 2 saturated heterocycles. The lowest BCUT2D eigenvalue weighted by Gasteiger charge is -2.42. The van der Waals surface area contributed by atoms with Crippen LogP contribution in [0.5, 0.6) is 0 Å². The molecular weight excluding hydrogens is 343 g/mol. The van der Waals surface area contributed by atoms with E-state index in [1.165, 1.54) is 0 Å². The van der Waals surface area contributed by atoms with Crippen LogP contribution in [0.15, 0.2) is 12.5 Å². The lowest BCUT2D eigenvalue weighted by molar-refractivity contribution is -0.124. The van der Waals surface area contributed by atoms with Crippen LogP contribution in [0.3, 0.4) is 0 Å². The van der Waals surface area contributed by atoms with E-state index in [-0.39, 0.29) is 5.91 Å². The highest BCUT2D eigenvalue weighted by molar-refractivity contribution is 14.1. The monoisotopic (exact) mass is 358 g/mol. The van der Waals surface area contributed by atoms with Crippen molar-refractivity contribution in [2.24, 2.45) is 5.92 Å². The maximum absolute atomic E-state index is 11.4. The SMILES string of the molecule is O=C1CCC2CN(c3ncncc3I)CCC2N1. The quantitative estimate of drug-likeness (QED) is 0.767. The first-order chi connectivity index (χ1) is 8.74. The van der Waals surface area contributed by atoms with E-state index in [0.29, 0.717) is 18.4 Å². The van der Waals surface area contributed by atoms with E-state index in [4.69, 9.17) is 0 Å². The van der Waals surface area contributed by atoms with E-state index >= 15 is 0 Å². The molecule has 3 heterocycles. The number of hydrogen-bond donors (Lipinski definition) is 1. The lowest BCUT2D eigenvalue weighted by Crippen LogP contribution is -2.54. The van der Waals surface area contributed by atoms with E-state index in [9.17, 15) is 4.79 Å². The number of carbonyl (C=O) groups is 1. The summed E-state index contributed by atoms with van der Waals surface area (Å²) in [7, 11) is 0. The van der Waals surface area contributed by atoms with Crippen molar-refractivity contribution in [3.63, 3.8) is 0 Å². The van der Waals surface area contributed by atoms with Gasteiger partial charge in [0.15, 0.2) is 0 Å². The van der Waals surface area contributed by atoms with E-state index in [0.717, 1.165) is 35.3 Å². The summed E-state index contributed by atoms with van der Waals surface area (Å²) in [4.78, 5) is 22.1. The van der Waals surface area contributed by atoms with Gasteiger partial charge in [0.1, 0.15) is 12.1 Å². The van der Waals surface area contributed by atoms with Crippen molar-refractivity contribution in [1.29, 1.82) is 0 Å². The Bertz CT molecular complexity index is 467. The molecule has 6 heteroatoms. The average molecular weight is 358 g/mol. The molecule has 0 radical (unpaired) electrons. The summed E-state index contributed by atoms with van der Waals surface area (Å²) in [6.07, 6.45) is 6.12. The van der Waals surface area contributed by atoms with Crippen molar-refractivity contribution >= 4 is 34.3 Å². The predicted octanol–water partition coefficient (Wildman–Crippen LogP) is 1.19. The van der Waals surface area contributed by atoms with Gasteiger partial charge < -0.3 is 10.2 Å². The third-order valence-corrected chi connectivity index (χ3v) is 4.53. The molecule has 2 fully saturated rings. The molecule has 0 spiro atoms. The van der Waals surface area contributed by atoms with Gasteiger partial charge in [-0.05, 0) is 41.4 Å². The first-order valence-corrected chi connectivity index (χ1v) is 7.32. The Morgan fingerprint density at radius 2 is 2.33 bits per heavy atom. The van der Waals surface area contributed by atoms with Crippen LogP contribution >= 0.6 is 22.6 Å². The number of aromatic nitrogens is 2. The molecular formula is C12H15IN4O. The van der Waals surface area contributed by atoms with E-state index in [1.54, 1.807) is 6.33 Å². The summed E-state index contributed by atoms with van der Waals surface area (Å²) in [5.41, 5.74) is 0. The molecule has 0 bridgehead atoms. The zero-order valence-electron chi connectivity index (χ0n) is 9.97. The molecule has 1 aromatic rings. The Morgan fingerprint density at radius 3 is 3.17 bits per heavy atom. The number of piperidine rings is 2. The Morgan fingerprint density at radius 1 is 1.44 bits per heavy atom. The first kappa shape index (κ1) is 12.1. The van der Waals surface area contributed by atoms with Crippen LogP contribution in [0.4, 0.5) is 5.82 Å². The highest BCUT2D eigenvalue weighted by Gasteiger charge is 2.34. The minimum absolute atomic E-state index is 0.210. The average Bonchev–Trinajstić information content (AvgIpc) is 2.39. The highest BCUT2D eigenvalue weighted by atomic mass is 127.